The van der Waals surface area contributed by atoms with E-state index < -0.39 is 21.7 Å². The number of sulfonamides is 1. The highest BCUT2D eigenvalue weighted by Gasteiger charge is 2.22. The van der Waals surface area contributed by atoms with Gasteiger partial charge in [-0.25, -0.2) is 12.8 Å². The second kappa shape index (κ2) is 14.3. The summed E-state index contributed by atoms with van der Waals surface area (Å²) in [5.74, 6) is -0.122. The van der Waals surface area contributed by atoms with E-state index in [0.717, 1.165) is 11.8 Å². The Labute approximate surface area is 253 Å². The molecule has 0 aliphatic carbocycles. The number of thioether (sulfide) groups is 1. The zero-order chi connectivity index (χ0) is 31.0. The number of aromatic nitrogens is 3. The first-order valence-electron chi connectivity index (χ1n) is 13.3. The Kier molecular flexibility index (Phi) is 10.5. The van der Waals surface area contributed by atoms with E-state index in [9.17, 15) is 22.4 Å². The van der Waals surface area contributed by atoms with Gasteiger partial charge in [-0.05, 0) is 72.8 Å². The molecule has 1 heterocycles. The van der Waals surface area contributed by atoms with Crippen molar-refractivity contribution in [2.45, 2.75) is 30.4 Å². The molecule has 4 aromatic rings. The van der Waals surface area contributed by atoms with Crippen molar-refractivity contribution in [3.63, 3.8) is 0 Å². The van der Waals surface area contributed by atoms with Crippen LogP contribution < -0.4 is 15.4 Å². The van der Waals surface area contributed by atoms with Gasteiger partial charge in [-0.3, -0.25) is 14.2 Å². The Bertz CT molecular complexity index is 1660. The molecule has 2 amide bonds. The highest BCUT2D eigenvalue weighted by Crippen LogP contribution is 2.24. The fraction of sp³-hybridized carbons (Fsp3) is 0.241. The van der Waals surface area contributed by atoms with Crippen LogP contribution in [0.25, 0.3) is 5.69 Å². The molecule has 0 aliphatic rings. The summed E-state index contributed by atoms with van der Waals surface area (Å²) in [6.07, 6.45) is 0. The first kappa shape index (κ1) is 31.7. The largest absolute Gasteiger partial charge is 0.497 e. The second-order valence-electron chi connectivity index (χ2n) is 9.07. The van der Waals surface area contributed by atoms with E-state index in [1.165, 1.54) is 40.7 Å². The summed E-state index contributed by atoms with van der Waals surface area (Å²) in [4.78, 5) is 25.6. The first-order valence-corrected chi connectivity index (χ1v) is 15.7. The summed E-state index contributed by atoms with van der Waals surface area (Å²) in [6, 6.07) is 18.3. The van der Waals surface area contributed by atoms with Crippen molar-refractivity contribution in [2.24, 2.45) is 0 Å². The van der Waals surface area contributed by atoms with Crippen molar-refractivity contribution < 1.29 is 27.1 Å². The molecule has 0 atom stereocenters. The second-order valence-corrected chi connectivity index (χ2v) is 12.0. The van der Waals surface area contributed by atoms with Crippen molar-refractivity contribution in [3.8, 4) is 11.4 Å². The lowest BCUT2D eigenvalue weighted by molar-refractivity contribution is -0.113. The third kappa shape index (κ3) is 7.77. The van der Waals surface area contributed by atoms with E-state index in [-0.39, 0.29) is 28.7 Å². The van der Waals surface area contributed by atoms with Gasteiger partial charge >= 0.3 is 0 Å². The average Bonchev–Trinajstić information content (AvgIpc) is 3.42. The van der Waals surface area contributed by atoms with Crippen molar-refractivity contribution in [2.75, 3.05) is 31.3 Å². The Morgan fingerprint density at radius 3 is 2.21 bits per heavy atom. The number of ether oxygens (including phenoxy) is 1. The molecule has 3 aromatic carbocycles. The Hall–Kier alpha value is -4.27. The van der Waals surface area contributed by atoms with Gasteiger partial charge in [0.1, 0.15) is 11.6 Å². The standard InChI is InChI=1S/C29H31FN6O5S2/c1-4-35(5-2)43(39,40)25-16-6-20(7-17-25)28(38)31-18-26-33-34-29(36(26)23-12-8-21(30)9-13-23)42-19-27(37)32-22-10-14-24(41-3)15-11-22/h6-17H,4-5,18-19H2,1-3H3,(H,31,38)(H,32,37). The number of carbonyl (C=O) groups is 2. The molecule has 0 radical (unpaired) electrons. The van der Waals surface area contributed by atoms with Crippen molar-refractivity contribution >= 4 is 39.3 Å². The molecule has 2 N–H and O–H groups in total. The van der Waals surface area contributed by atoms with Crippen LogP contribution in [-0.2, 0) is 21.4 Å². The van der Waals surface area contributed by atoms with Gasteiger partial charge in [0.2, 0.25) is 15.9 Å². The predicted molar refractivity (Wildman–Crippen MR) is 161 cm³/mol. The van der Waals surface area contributed by atoms with Gasteiger partial charge in [-0.1, -0.05) is 25.6 Å². The van der Waals surface area contributed by atoms with Crippen molar-refractivity contribution in [1.82, 2.24) is 24.4 Å². The number of methoxy groups -OCH3 is 1. The molecule has 0 unspecified atom stereocenters. The lowest BCUT2D eigenvalue weighted by atomic mass is 10.2. The van der Waals surface area contributed by atoms with E-state index in [1.54, 1.807) is 61.9 Å². The average molecular weight is 627 g/mol. The van der Waals surface area contributed by atoms with Crippen LogP contribution in [0.1, 0.15) is 30.0 Å². The summed E-state index contributed by atoms with van der Waals surface area (Å²) in [6.45, 7) is 4.15. The maximum absolute atomic E-state index is 13.7. The van der Waals surface area contributed by atoms with E-state index in [2.05, 4.69) is 20.8 Å². The van der Waals surface area contributed by atoms with Crippen LogP contribution in [0.4, 0.5) is 10.1 Å². The number of hydrogen-bond acceptors (Lipinski definition) is 8. The monoisotopic (exact) mass is 626 g/mol. The first-order chi connectivity index (χ1) is 20.7. The quantitative estimate of drug-likeness (QED) is 0.212. The maximum Gasteiger partial charge on any atom is 0.251 e. The fourth-order valence-electron chi connectivity index (χ4n) is 4.11. The summed E-state index contributed by atoms with van der Waals surface area (Å²) in [5.41, 5.74) is 1.41. The lowest BCUT2D eigenvalue weighted by Gasteiger charge is -2.18. The molecule has 11 nitrogen and oxygen atoms in total. The van der Waals surface area contributed by atoms with Gasteiger partial charge in [-0.15, -0.1) is 10.2 Å². The molecular weight excluding hydrogens is 595 g/mol. The molecule has 0 saturated carbocycles. The smallest absolute Gasteiger partial charge is 0.251 e. The molecule has 4 rings (SSSR count). The van der Waals surface area contributed by atoms with Gasteiger partial charge < -0.3 is 15.4 Å². The van der Waals surface area contributed by atoms with E-state index in [4.69, 9.17) is 4.74 Å². The molecule has 0 aliphatic heterocycles. The predicted octanol–water partition coefficient (Wildman–Crippen LogP) is 4.11. The molecule has 1 aromatic heterocycles. The molecule has 14 heteroatoms. The Morgan fingerprint density at radius 2 is 1.60 bits per heavy atom. The molecule has 0 bridgehead atoms. The van der Waals surface area contributed by atoms with Gasteiger partial charge in [0.25, 0.3) is 5.91 Å². The molecule has 0 fully saturated rings. The Balaban J connectivity index is 1.47. The highest BCUT2D eigenvalue weighted by atomic mass is 32.2. The summed E-state index contributed by atoms with van der Waals surface area (Å²) < 4.78 is 47.2. The van der Waals surface area contributed by atoms with E-state index in [0.29, 0.717) is 41.2 Å². The normalized spacial score (nSPS) is 11.4. The van der Waals surface area contributed by atoms with Crippen LogP contribution in [-0.4, -0.2) is 65.3 Å². The summed E-state index contributed by atoms with van der Waals surface area (Å²) in [5, 5.41) is 14.3. The number of hydrogen-bond donors (Lipinski definition) is 2. The van der Waals surface area contributed by atoms with Crippen molar-refractivity contribution in [3.05, 3.63) is 90.0 Å². The van der Waals surface area contributed by atoms with Gasteiger partial charge in [0, 0.05) is 30.0 Å². The van der Waals surface area contributed by atoms with Gasteiger partial charge in [-0.2, -0.15) is 4.31 Å². The summed E-state index contributed by atoms with van der Waals surface area (Å²) in [7, 11) is -2.09. The minimum absolute atomic E-state index is 0.0143. The number of amides is 2. The zero-order valence-corrected chi connectivity index (χ0v) is 25.4. The lowest BCUT2D eigenvalue weighted by Crippen LogP contribution is -2.30. The third-order valence-corrected chi connectivity index (χ3v) is 9.35. The van der Waals surface area contributed by atoms with Crippen LogP contribution in [0.2, 0.25) is 0 Å². The van der Waals surface area contributed by atoms with Gasteiger partial charge in [0.15, 0.2) is 11.0 Å². The van der Waals surface area contributed by atoms with Crippen LogP contribution in [0.5, 0.6) is 5.75 Å². The van der Waals surface area contributed by atoms with Crippen LogP contribution >= 0.6 is 11.8 Å². The van der Waals surface area contributed by atoms with Gasteiger partial charge in [0.05, 0.1) is 24.3 Å². The number of nitrogens with one attached hydrogen (secondary N) is 2. The minimum atomic E-state index is -3.65. The number of halogens is 1. The number of benzene rings is 3. The number of anilines is 1. The topological polar surface area (TPSA) is 136 Å². The number of rotatable bonds is 13. The Morgan fingerprint density at radius 1 is 0.953 bits per heavy atom. The SMILES string of the molecule is CCN(CC)S(=O)(=O)c1ccc(C(=O)NCc2nnc(SCC(=O)Nc3ccc(OC)cc3)n2-c2ccc(F)cc2)cc1. The minimum Gasteiger partial charge on any atom is -0.497 e. The fourth-order valence-corrected chi connectivity index (χ4v) is 6.34. The number of nitrogens with zero attached hydrogens (tertiary/aromatic N) is 4. The molecule has 0 saturated heterocycles. The zero-order valence-electron chi connectivity index (χ0n) is 23.8. The van der Waals surface area contributed by atoms with Crippen LogP contribution in [0.3, 0.4) is 0 Å². The molecular formula is C29H31FN6O5S2. The van der Waals surface area contributed by atoms with Crippen molar-refractivity contribution in [1.29, 1.82) is 0 Å². The van der Waals surface area contributed by atoms with E-state index >= 15 is 0 Å². The highest BCUT2D eigenvalue weighted by molar-refractivity contribution is 7.99. The van der Waals surface area contributed by atoms with Crippen LogP contribution in [0, 0.1) is 5.82 Å². The molecule has 43 heavy (non-hydrogen) atoms. The van der Waals surface area contributed by atoms with E-state index in [1.807, 2.05) is 0 Å². The summed E-state index contributed by atoms with van der Waals surface area (Å²) >= 11 is 1.13. The van der Waals surface area contributed by atoms with Crippen LogP contribution in [0.15, 0.2) is 82.8 Å². The maximum atomic E-state index is 13.7. The molecule has 0 spiro atoms. The number of carbonyl (C=O) groups excluding carboxylic acids is 2. The molecule has 226 valence electrons. The third-order valence-electron chi connectivity index (χ3n) is 6.36.